The monoisotopic (exact) mass is 168 g/mol. The Morgan fingerprint density at radius 1 is 1.27 bits per heavy atom. The Bertz CT molecular complexity index is 220. The molecule has 1 aliphatic rings. The molecule has 2 heteroatoms. The summed E-state index contributed by atoms with van der Waals surface area (Å²) in [5.41, 5.74) is 1.14. The minimum Gasteiger partial charge on any atom is -0.295 e. The Balaban J connectivity index is 2.90. The van der Waals surface area contributed by atoms with E-state index in [9.17, 15) is 4.79 Å². The van der Waals surface area contributed by atoms with Crippen LogP contribution in [0.1, 0.15) is 19.8 Å². The Kier molecular flexibility index (Phi) is 2.05. The number of hydrogen-bond donors (Lipinski definition) is 0. The molecule has 0 heterocycles. The fourth-order valence-corrected chi connectivity index (χ4v) is 3.67. The van der Waals surface area contributed by atoms with Gasteiger partial charge in [-0.1, -0.05) is 24.8 Å². The lowest BCUT2D eigenvalue weighted by atomic mass is 9.95. The molecule has 0 saturated carbocycles. The molecule has 0 unspecified atom stereocenters. The summed E-state index contributed by atoms with van der Waals surface area (Å²) in [6.45, 7) is 8.62. The Morgan fingerprint density at radius 3 is 1.91 bits per heavy atom. The van der Waals surface area contributed by atoms with Crippen molar-refractivity contribution in [1.29, 1.82) is 0 Å². The predicted molar refractivity (Wildman–Crippen MR) is 50.3 cm³/mol. The van der Waals surface area contributed by atoms with Gasteiger partial charge >= 0.3 is 0 Å². The highest BCUT2D eigenvalue weighted by Crippen LogP contribution is 2.35. The second-order valence-corrected chi connectivity index (χ2v) is 9.37. The van der Waals surface area contributed by atoms with Gasteiger partial charge in [-0.3, -0.25) is 4.79 Å². The highest BCUT2D eigenvalue weighted by atomic mass is 28.3. The number of rotatable bonds is 2. The van der Waals surface area contributed by atoms with E-state index in [0.717, 1.165) is 12.0 Å². The number of hydrogen-bond acceptors (Lipinski definition) is 1. The van der Waals surface area contributed by atoms with E-state index in [1.807, 2.05) is 0 Å². The molecule has 0 aromatic heterocycles. The molecule has 0 N–H and O–H groups in total. The molecule has 0 aromatic carbocycles. The van der Waals surface area contributed by atoms with Crippen LogP contribution in [0.25, 0.3) is 0 Å². The van der Waals surface area contributed by atoms with Gasteiger partial charge in [0.25, 0.3) is 0 Å². The highest BCUT2D eigenvalue weighted by Gasteiger charge is 2.30. The van der Waals surface area contributed by atoms with Crippen molar-refractivity contribution >= 4 is 13.9 Å². The molecule has 0 radical (unpaired) electrons. The van der Waals surface area contributed by atoms with Gasteiger partial charge in [0.15, 0.2) is 5.78 Å². The summed E-state index contributed by atoms with van der Waals surface area (Å²) in [6, 6.07) is 0. The first-order chi connectivity index (χ1) is 4.93. The van der Waals surface area contributed by atoms with E-state index in [0.29, 0.717) is 5.78 Å². The van der Waals surface area contributed by atoms with Gasteiger partial charge < -0.3 is 0 Å². The summed E-state index contributed by atoms with van der Waals surface area (Å²) >= 11 is 0. The van der Waals surface area contributed by atoms with Crippen LogP contribution in [0.5, 0.6) is 0 Å². The second kappa shape index (κ2) is 2.59. The van der Waals surface area contributed by atoms with E-state index in [2.05, 4.69) is 19.6 Å². The van der Waals surface area contributed by atoms with Crippen LogP contribution < -0.4 is 0 Å². The summed E-state index contributed by atoms with van der Waals surface area (Å²) < 4.78 is 0. The number of ketones is 1. The zero-order valence-corrected chi connectivity index (χ0v) is 8.82. The van der Waals surface area contributed by atoms with Crippen molar-refractivity contribution in [3.05, 3.63) is 10.8 Å². The quantitative estimate of drug-likeness (QED) is 0.579. The summed E-state index contributed by atoms with van der Waals surface area (Å²) in [5, 5.41) is 1.50. The molecule has 0 aliphatic heterocycles. The van der Waals surface area contributed by atoms with Gasteiger partial charge in [0.2, 0.25) is 0 Å². The summed E-state index contributed by atoms with van der Waals surface area (Å²) in [4.78, 5) is 11.0. The smallest absolute Gasteiger partial charge is 0.155 e. The van der Waals surface area contributed by atoms with Crippen molar-refractivity contribution < 1.29 is 4.79 Å². The molecule has 0 amide bonds. The molecule has 1 aliphatic carbocycles. The van der Waals surface area contributed by atoms with Gasteiger partial charge in [0.05, 0.1) is 8.07 Å². The Morgan fingerprint density at radius 2 is 1.82 bits per heavy atom. The normalized spacial score (nSPS) is 18.2. The van der Waals surface area contributed by atoms with Crippen LogP contribution in [0.2, 0.25) is 19.6 Å². The van der Waals surface area contributed by atoms with Gasteiger partial charge in [0, 0.05) is 0 Å². The van der Waals surface area contributed by atoms with Gasteiger partial charge in [0.1, 0.15) is 0 Å². The average molecular weight is 168 g/mol. The van der Waals surface area contributed by atoms with Crippen LogP contribution in [-0.2, 0) is 4.79 Å². The third-order valence-electron chi connectivity index (χ3n) is 2.32. The lowest BCUT2D eigenvalue weighted by Crippen LogP contribution is -2.31. The maximum absolute atomic E-state index is 11.0. The standard InChI is InChI=1S/C9H16OSi/c1-7(10)8-5-6-9(8)11(2,3)4/h5-6H2,1-4H3. The van der Waals surface area contributed by atoms with E-state index in [-0.39, 0.29) is 0 Å². The SMILES string of the molecule is CC(=O)C1=C([Si](C)(C)C)CC1. The van der Waals surface area contributed by atoms with Crippen molar-refractivity contribution in [2.45, 2.75) is 39.4 Å². The minimum atomic E-state index is -1.14. The molecule has 62 valence electrons. The summed E-state index contributed by atoms with van der Waals surface area (Å²) in [6.07, 6.45) is 2.22. The van der Waals surface area contributed by atoms with Crippen LogP contribution in [0.15, 0.2) is 10.8 Å². The van der Waals surface area contributed by atoms with E-state index < -0.39 is 8.07 Å². The van der Waals surface area contributed by atoms with Gasteiger partial charge in [-0.05, 0) is 25.3 Å². The first-order valence-electron chi connectivity index (χ1n) is 4.16. The number of allylic oxidation sites excluding steroid dienone is 2. The molecule has 1 nitrogen and oxygen atoms in total. The molecule has 0 spiro atoms. The maximum atomic E-state index is 11.0. The first kappa shape index (κ1) is 8.72. The van der Waals surface area contributed by atoms with Crippen molar-refractivity contribution in [2.75, 3.05) is 0 Å². The number of carbonyl (C=O) groups is 1. The molecular formula is C9H16OSi. The highest BCUT2D eigenvalue weighted by molar-refractivity contribution is 6.83. The molecule has 0 aromatic rings. The zero-order chi connectivity index (χ0) is 8.65. The topological polar surface area (TPSA) is 17.1 Å². The average Bonchev–Trinajstić information content (AvgIpc) is 1.51. The van der Waals surface area contributed by atoms with E-state index in [1.54, 1.807) is 6.92 Å². The Labute approximate surface area is 69.5 Å². The third-order valence-corrected chi connectivity index (χ3v) is 4.68. The second-order valence-electron chi connectivity index (χ2n) is 4.26. The third kappa shape index (κ3) is 1.61. The van der Waals surface area contributed by atoms with Crippen molar-refractivity contribution in [1.82, 2.24) is 0 Å². The summed E-state index contributed by atoms with van der Waals surface area (Å²) in [5.74, 6) is 0.300. The molecular weight excluding hydrogens is 152 g/mol. The number of Topliss-reactive ketones (excluding diaryl/α,β-unsaturated/α-hetero) is 1. The lowest BCUT2D eigenvalue weighted by molar-refractivity contribution is -0.114. The van der Waals surface area contributed by atoms with E-state index >= 15 is 0 Å². The maximum Gasteiger partial charge on any atom is 0.155 e. The molecule has 1 rings (SSSR count). The van der Waals surface area contributed by atoms with Crippen molar-refractivity contribution in [3.8, 4) is 0 Å². The van der Waals surface area contributed by atoms with Crippen LogP contribution in [0, 0.1) is 0 Å². The van der Waals surface area contributed by atoms with Crippen LogP contribution >= 0.6 is 0 Å². The molecule has 11 heavy (non-hydrogen) atoms. The lowest BCUT2D eigenvalue weighted by Gasteiger charge is -2.31. The first-order valence-corrected chi connectivity index (χ1v) is 7.66. The van der Waals surface area contributed by atoms with Gasteiger partial charge in [-0.2, -0.15) is 0 Å². The molecule has 0 saturated heterocycles. The van der Waals surface area contributed by atoms with Crippen LogP contribution in [0.4, 0.5) is 0 Å². The predicted octanol–water partition coefficient (Wildman–Crippen LogP) is 2.54. The molecule has 0 fully saturated rings. The fraction of sp³-hybridized carbons (Fsp3) is 0.667. The van der Waals surface area contributed by atoms with Crippen molar-refractivity contribution in [2.24, 2.45) is 0 Å². The van der Waals surface area contributed by atoms with Gasteiger partial charge in [-0.25, -0.2) is 0 Å². The summed E-state index contributed by atoms with van der Waals surface area (Å²) in [7, 11) is -1.14. The minimum absolute atomic E-state index is 0.300. The fourth-order valence-electron chi connectivity index (χ4n) is 1.59. The number of carbonyl (C=O) groups excluding carboxylic acids is 1. The van der Waals surface area contributed by atoms with Crippen LogP contribution in [-0.4, -0.2) is 13.9 Å². The van der Waals surface area contributed by atoms with E-state index in [1.165, 1.54) is 11.6 Å². The largest absolute Gasteiger partial charge is 0.295 e. The van der Waals surface area contributed by atoms with E-state index in [4.69, 9.17) is 0 Å². The zero-order valence-electron chi connectivity index (χ0n) is 7.82. The van der Waals surface area contributed by atoms with Gasteiger partial charge in [-0.15, -0.1) is 0 Å². The molecule has 0 atom stereocenters. The molecule has 0 bridgehead atoms. The van der Waals surface area contributed by atoms with Crippen LogP contribution in [0.3, 0.4) is 0 Å². The van der Waals surface area contributed by atoms with Crippen molar-refractivity contribution in [3.63, 3.8) is 0 Å². The Hall–Kier alpha value is -0.373.